The molecule has 3 atom stereocenters. The lowest BCUT2D eigenvalue weighted by atomic mass is 10.1. The predicted molar refractivity (Wildman–Crippen MR) is 126 cm³/mol. The van der Waals surface area contributed by atoms with Gasteiger partial charge in [-0.2, -0.15) is 17.5 Å². The number of likely N-dealkylation sites (N-methyl/N-ethyl adjacent to an activating group) is 1. The summed E-state index contributed by atoms with van der Waals surface area (Å²) in [5, 5.41) is 7.12. The number of carbonyl (C=O) groups is 2. The Kier molecular flexibility index (Phi) is 9.42. The third kappa shape index (κ3) is 7.12. The Balaban J connectivity index is 0.000000479. The van der Waals surface area contributed by atoms with Gasteiger partial charge in [0.2, 0.25) is 10.0 Å². The lowest BCUT2D eigenvalue weighted by Crippen LogP contribution is -2.49. The lowest BCUT2D eigenvalue weighted by molar-refractivity contribution is -0.192. The van der Waals surface area contributed by atoms with Gasteiger partial charge in [0.05, 0.1) is 6.04 Å². The third-order valence-corrected chi connectivity index (χ3v) is 8.38. The summed E-state index contributed by atoms with van der Waals surface area (Å²) in [5.74, 6) is -2.33. The van der Waals surface area contributed by atoms with Gasteiger partial charge in [-0.05, 0) is 45.5 Å². The lowest BCUT2D eigenvalue weighted by Gasteiger charge is -2.32. The molecule has 0 bridgehead atoms. The van der Waals surface area contributed by atoms with Crippen molar-refractivity contribution in [1.82, 2.24) is 14.1 Å². The molecular weight excluding hydrogens is 519 g/mol. The second-order valence-corrected chi connectivity index (χ2v) is 11.2. The predicted octanol–water partition coefficient (Wildman–Crippen LogP) is 1.80. The topological polar surface area (TPSA) is 117 Å². The molecule has 1 aromatic carbocycles. The van der Waals surface area contributed by atoms with Crippen molar-refractivity contribution in [3.63, 3.8) is 0 Å². The number of halogens is 3. The minimum absolute atomic E-state index is 0.0204. The highest BCUT2D eigenvalue weighted by Crippen LogP contribution is 2.36. The van der Waals surface area contributed by atoms with Crippen molar-refractivity contribution >= 4 is 21.9 Å². The van der Waals surface area contributed by atoms with Crippen LogP contribution in [0.1, 0.15) is 25.7 Å². The average Bonchev–Trinajstić information content (AvgIpc) is 3.25. The van der Waals surface area contributed by atoms with Crippen LogP contribution < -0.4 is 4.74 Å². The van der Waals surface area contributed by atoms with Crippen LogP contribution >= 0.6 is 0 Å². The first kappa shape index (κ1) is 29.1. The summed E-state index contributed by atoms with van der Waals surface area (Å²) in [7, 11) is 0.163. The molecular formula is C23H32F3N3O7S. The Morgan fingerprint density at radius 2 is 1.78 bits per heavy atom. The summed E-state index contributed by atoms with van der Waals surface area (Å²) in [6, 6.07) is 6.55. The highest BCUT2D eigenvalue weighted by molar-refractivity contribution is 7.89. The molecule has 10 nitrogen and oxygen atoms in total. The molecule has 0 aromatic heterocycles. The Hall–Kier alpha value is -2.42. The van der Waals surface area contributed by atoms with Gasteiger partial charge in [0.1, 0.15) is 22.9 Å². The second kappa shape index (κ2) is 12.0. The molecule has 0 unspecified atom stereocenters. The van der Waals surface area contributed by atoms with Crippen molar-refractivity contribution in [2.45, 2.75) is 55.0 Å². The van der Waals surface area contributed by atoms with Crippen molar-refractivity contribution < 1.29 is 45.8 Å². The molecule has 14 heteroatoms. The van der Waals surface area contributed by atoms with Crippen LogP contribution in [0, 0.1) is 0 Å². The summed E-state index contributed by atoms with van der Waals surface area (Å²) < 4.78 is 72.3. The van der Waals surface area contributed by atoms with E-state index in [0.29, 0.717) is 51.4 Å². The smallest absolute Gasteiger partial charge is 0.487 e. The second-order valence-electron chi connectivity index (χ2n) is 9.30. The molecule has 208 valence electrons. The van der Waals surface area contributed by atoms with E-state index in [0.717, 1.165) is 12.8 Å². The van der Waals surface area contributed by atoms with Crippen LogP contribution in [0.2, 0.25) is 0 Å². The largest absolute Gasteiger partial charge is 0.490 e. The van der Waals surface area contributed by atoms with Crippen molar-refractivity contribution in [3.8, 4) is 5.75 Å². The van der Waals surface area contributed by atoms with Gasteiger partial charge in [-0.25, -0.2) is 13.2 Å². The number of ether oxygens (including phenoxy) is 2. The number of carbonyl (C=O) groups excluding carboxylic acids is 1. The Morgan fingerprint density at radius 3 is 2.38 bits per heavy atom. The molecule has 3 aliphatic rings. The zero-order valence-electron chi connectivity index (χ0n) is 20.7. The molecule has 2 saturated heterocycles. The molecule has 0 radical (unpaired) electrons. The summed E-state index contributed by atoms with van der Waals surface area (Å²) in [4.78, 5) is 25.8. The molecule has 3 heterocycles. The zero-order chi connectivity index (χ0) is 27.4. The number of rotatable bonds is 4. The molecule has 0 spiro atoms. The van der Waals surface area contributed by atoms with Crippen LogP contribution in [-0.2, 0) is 24.3 Å². The normalized spacial score (nSPS) is 25.6. The van der Waals surface area contributed by atoms with Crippen molar-refractivity contribution in [1.29, 1.82) is 0 Å². The molecule has 4 rings (SSSR count). The molecule has 37 heavy (non-hydrogen) atoms. The number of hydrogen-bond donors (Lipinski definition) is 1. The summed E-state index contributed by atoms with van der Waals surface area (Å²) in [6.07, 6.45) is -2.94. The van der Waals surface area contributed by atoms with Gasteiger partial charge in [-0.15, -0.1) is 0 Å². The van der Waals surface area contributed by atoms with Gasteiger partial charge < -0.3 is 24.4 Å². The number of aliphatic carboxylic acids is 1. The Bertz CT molecular complexity index is 1060. The number of alkyl halides is 3. The summed E-state index contributed by atoms with van der Waals surface area (Å²) >= 11 is 0. The van der Waals surface area contributed by atoms with E-state index in [9.17, 15) is 26.4 Å². The van der Waals surface area contributed by atoms with E-state index >= 15 is 0 Å². The number of sulfonamides is 1. The number of hydrogen-bond acceptors (Lipinski definition) is 7. The minimum Gasteiger partial charge on any atom is -0.487 e. The average molecular weight is 552 g/mol. The van der Waals surface area contributed by atoms with Gasteiger partial charge in [-0.3, -0.25) is 4.79 Å². The van der Waals surface area contributed by atoms with E-state index in [2.05, 4.69) is 0 Å². The van der Waals surface area contributed by atoms with E-state index in [1.165, 1.54) is 0 Å². The number of para-hydroxylation sites is 1. The van der Waals surface area contributed by atoms with E-state index in [-0.39, 0.29) is 29.1 Å². The van der Waals surface area contributed by atoms with Crippen molar-refractivity contribution in [2.75, 3.05) is 46.9 Å². The van der Waals surface area contributed by atoms with Crippen LogP contribution in [0.4, 0.5) is 13.2 Å². The van der Waals surface area contributed by atoms with Crippen LogP contribution in [0.25, 0.3) is 0 Å². The molecule has 1 aromatic rings. The van der Waals surface area contributed by atoms with Crippen molar-refractivity contribution in [3.05, 3.63) is 24.3 Å². The van der Waals surface area contributed by atoms with Crippen LogP contribution in [0.15, 0.2) is 29.2 Å². The molecule has 0 aliphatic carbocycles. The van der Waals surface area contributed by atoms with Gasteiger partial charge in [-0.1, -0.05) is 12.1 Å². The maximum Gasteiger partial charge on any atom is 0.490 e. The number of fused-ring (bicyclic) bond motifs is 2. The number of likely N-dealkylation sites (tertiary alicyclic amines) is 1. The van der Waals surface area contributed by atoms with E-state index < -0.39 is 22.2 Å². The number of nitrogens with zero attached hydrogens (tertiary/aromatic N) is 3. The fourth-order valence-corrected chi connectivity index (χ4v) is 6.33. The van der Waals surface area contributed by atoms with Crippen LogP contribution in [0.3, 0.4) is 0 Å². The Labute approximate surface area is 214 Å². The monoisotopic (exact) mass is 551 g/mol. The first-order valence-electron chi connectivity index (χ1n) is 11.9. The fraction of sp³-hybridized carbons (Fsp3) is 0.652. The highest BCUT2D eigenvalue weighted by atomic mass is 32.2. The quantitative estimate of drug-likeness (QED) is 0.603. The first-order valence-corrected chi connectivity index (χ1v) is 13.4. The van der Waals surface area contributed by atoms with Gasteiger partial charge in [0.25, 0.3) is 5.91 Å². The van der Waals surface area contributed by atoms with Gasteiger partial charge >= 0.3 is 12.1 Å². The molecule has 2 fully saturated rings. The van der Waals surface area contributed by atoms with Crippen LogP contribution in [0.5, 0.6) is 5.75 Å². The van der Waals surface area contributed by atoms with E-state index in [1.807, 2.05) is 23.9 Å². The molecule has 3 aliphatic heterocycles. The maximum atomic E-state index is 13.6. The summed E-state index contributed by atoms with van der Waals surface area (Å²) in [6.45, 7) is 2.68. The third-order valence-electron chi connectivity index (χ3n) is 6.42. The van der Waals surface area contributed by atoms with Gasteiger partial charge in [0.15, 0.2) is 0 Å². The molecule has 0 saturated carbocycles. The van der Waals surface area contributed by atoms with Crippen molar-refractivity contribution in [2.24, 2.45) is 0 Å². The number of amides is 1. The van der Waals surface area contributed by atoms with E-state index in [1.54, 1.807) is 28.6 Å². The maximum absolute atomic E-state index is 13.6. The molecule has 1 N–H and O–H groups in total. The van der Waals surface area contributed by atoms with E-state index in [4.69, 9.17) is 19.4 Å². The fourth-order valence-electron chi connectivity index (χ4n) is 4.54. The molecule has 1 amide bonds. The standard InChI is InChI=1S/C21H31N3O5S.C2HF3O2/c1-22(2)13-14-24-16-9-11-23(21(25)19-7-5-15-28-19)12-10-17(16)29-18-6-3-4-8-20(18)30(24,26)27;3-2(4,5)1(6)7/h3-4,6,8,16-17,19H,5,7,9-15H2,1-2H3;(H,6,7)/t16-,17-,19+;/m0./s1. The zero-order valence-corrected chi connectivity index (χ0v) is 21.5. The highest BCUT2D eigenvalue weighted by Gasteiger charge is 2.44. The number of benzene rings is 1. The summed E-state index contributed by atoms with van der Waals surface area (Å²) in [5.41, 5.74) is 0. The number of carboxylic acids is 1. The minimum atomic E-state index is -5.08. The van der Waals surface area contributed by atoms with Crippen LogP contribution in [-0.4, -0.2) is 111 Å². The Morgan fingerprint density at radius 1 is 1.14 bits per heavy atom. The van der Waals surface area contributed by atoms with Gasteiger partial charge in [0, 0.05) is 39.2 Å². The SMILES string of the molecule is CN(C)CCN1[C@H]2CCN(C(=O)[C@H]3CCCO3)CC[C@@H]2Oc2ccccc2S1(=O)=O.O=C(O)C(F)(F)F. The first-order chi connectivity index (χ1) is 17.3. The number of carboxylic acid groups (broad SMARTS) is 1.